The first-order valence-corrected chi connectivity index (χ1v) is 7.45. The van der Waals surface area contributed by atoms with Crippen molar-refractivity contribution in [2.45, 2.75) is 65.6 Å². The Bertz CT molecular complexity index is 652. The maximum absolute atomic E-state index is 5.95. The van der Waals surface area contributed by atoms with Gasteiger partial charge in [-0.05, 0) is 31.7 Å². The molecular formula is C18H25NO. The first kappa shape index (κ1) is 13.7. The minimum atomic E-state index is 0.127. The van der Waals surface area contributed by atoms with E-state index in [0.29, 0.717) is 0 Å². The molecule has 1 aliphatic rings. The van der Waals surface area contributed by atoms with E-state index in [-0.39, 0.29) is 11.0 Å². The first-order chi connectivity index (χ1) is 9.18. The van der Waals surface area contributed by atoms with E-state index in [2.05, 4.69) is 58.6 Å². The zero-order chi connectivity index (χ0) is 14.7. The van der Waals surface area contributed by atoms with Crippen LogP contribution in [0.1, 0.15) is 58.2 Å². The number of hydrogen-bond acceptors (Lipinski definition) is 2. The average Bonchev–Trinajstić information content (AvgIpc) is 2.90. The van der Waals surface area contributed by atoms with Gasteiger partial charge in [0.25, 0.3) is 0 Å². The Balaban J connectivity index is 2.11. The highest BCUT2D eigenvalue weighted by Gasteiger charge is 2.31. The minimum Gasteiger partial charge on any atom is -0.464 e. The van der Waals surface area contributed by atoms with Crippen LogP contribution >= 0.6 is 0 Å². The summed E-state index contributed by atoms with van der Waals surface area (Å²) in [4.78, 5) is 2.51. The Morgan fingerprint density at radius 1 is 1.00 bits per heavy atom. The van der Waals surface area contributed by atoms with Gasteiger partial charge in [0.2, 0.25) is 0 Å². The molecule has 0 unspecified atom stereocenters. The van der Waals surface area contributed by atoms with Crippen molar-refractivity contribution in [3.63, 3.8) is 0 Å². The third kappa shape index (κ3) is 2.07. The number of fused-ring (bicyclic) bond motifs is 3. The molecule has 20 heavy (non-hydrogen) atoms. The van der Waals surface area contributed by atoms with Crippen molar-refractivity contribution in [1.82, 2.24) is 4.90 Å². The van der Waals surface area contributed by atoms with E-state index in [9.17, 15) is 0 Å². The van der Waals surface area contributed by atoms with E-state index in [0.717, 1.165) is 18.7 Å². The van der Waals surface area contributed by atoms with Crippen LogP contribution < -0.4 is 0 Å². The molecule has 0 saturated heterocycles. The van der Waals surface area contributed by atoms with Gasteiger partial charge < -0.3 is 4.42 Å². The lowest BCUT2D eigenvalue weighted by Gasteiger charge is -2.31. The van der Waals surface area contributed by atoms with Crippen LogP contribution in [-0.2, 0) is 18.5 Å². The van der Waals surface area contributed by atoms with Crippen LogP contribution in [0.25, 0.3) is 11.0 Å². The number of rotatable bonds is 0. The van der Waals surface area contributed by atoms with Gasteiger partial charge in [-0.1, -0.05) is 32.9 Å². The molecule has 0 aliphatic carbocycles. The van der Waals surface area contributed by atoms with Crippen molar-refractivity contribution >= 4 is 11.0 Å². The van der Waals surface area contributed by atoms with Gasteiger partial charge in [0, 0.05) is 35.1 Å². The molecule has 0 atom stereocenters. The normalized spacial score (nSPS) is 16.9. The first-order valence-electron chi connectivity index (χ1n) is 7.45. The van der Waals surface area contributed by atoms with E-state index in [1.165, 1.54) is 22.1 Å². The SMILES string of the molecule is CC(C)(C)c1coc2c3c(ccc12)CN(C(C)(C)C)C3. The summed E-state index contributed by atoms with van der Waals surface area (Å²) >= 11 is 0. The summed E-state index contributed by atoms with van der Waals surface area (Å²) < 4.78 is 5.95. The molecule has 2 aromatic rings. The number of nitrogens with zero attached hydrogens (tertiary/aromatic N) is 1. The van der Waals surface area contributed by atoms with Crippen molar-refractivity contribution in [2.24, 2.45) is 0 Å². The molecule has 0 N–H and O–H groups in total. The molecule has 0 saturated carbocycles. The number of hydrogen-bond donors (Lipinski definition) is 0. The predicted molar refractivity (Wildman–Crippen MR) is 83.9 cm³/mol. The van der Waals surface area contributed by atoms with E-state index >= 15 is 0 Å². The molecule has 1 aliphatic heterocycles. The van der Waals surface area contributed by atoms with Crippen molar-refractivity contribution in [3.8, 4) is 0 Å². The zero-order valence-corrected chi connectivity index (χ0v) is 13.5. The summed E-state index contributed by atoms with van der Waals surface area (Å²) in [5.74, 6) is 0. The highest BCUT2D eigenvalue weighted by atomic mass is 16.3. The summed E-state index contributed by atoms with van der Waals surface area (Å²) in [6, 6.07) is 4.53. The predicted octanol–water partition coefficient (Wildman–Crippen LogP) is 4.84. The van der Waals surface area contributed by atoms with Gasteiger partial charge in [0.1, 0.15) is 5.58 Å². The van der Waals surface area contributed by atoms with Crippen LogP contribution in [0.3, 0.4) is 0 Å². The monoisotopic (exact) mass is 271 g/mol. The maximum atomic E-state index is 5.95. The van der Waals surface area contributed by atoms with Crippen LogP contribution in [0.15, 0.2) is 22.8 Å². The van der Waals surface area contributed by atoms with Gasteiger partial charge in [-0.3, -0.25) is 4.90 Å². The highest BCUT2D eigenvalue weighted by molar-refractivity contribution is 5.86. The summed E-state index contributed by atoms with van der Waals surface area (Å²) in [6.45, 7) is 15.6. The molecule has 108 valence electrons. The Labute approximate surface area is 121 Å². The fourth-order valence-corrected chi connectivity index (χ4v) is 3.03. The second-order valence-corrected chi connectivity index (χ2v) is 8.01. The second kappa shape index (κ2) is 4.11. The molecule has 0 spiro atoms. The van der Waals surface area contributed by atoms with Crippen LogP contribution in [-0.4, -0.2) is 10.4 Å². The summed E-state index contributed by atoms with van der Waals surface area (Å²) in [5.41, 5.74) is 5.53. The van der Waals surface area contributed by atoms with Crippen molar-refractivity contribution < 1.29 is 4.42 Å². The lowest BCUT2D eigenvalue weighted by atomic mass is 9.86. The summed E-state index contributed by atoms with van der Waals surface area (Å²) in [5, 5.41) is 1.28. The minimum absolute atomic E-state index is 0.127. The lowest BCUT2D eigenvalue weighted by Crippen LogP contribution is -2.36. The van der Waals surface area contributed by atoms with E-state index in [1.807, 2.05) is 6.26 Å². The van der Waals surface area contributed by atoms with Crippen molar-refractivity contribution in [2.75, 3.05) is 0 Å². The molecule has 3 rings (SSSR count). The van der Waals surface area contributed by atoms with Crippen LogP contribution in [0.2, 0.25) is 0 Å². The van der Waals surface area contributed by atoms with Gasteiger partial charge in [-0.2, -0.15) is 0 Å². The lowest BCUT2D eigenvalue weighted by molar-refractivity contribution is 0.136. The molecule has 2 heterocycles. The number of benzene rings is 1. The Hall–Kier alpha value is -1.28. The van der Waals surface area contributed by atoms with E-state index < -0.39 is 0 Å². The average molecular weight is 271 g/mol. The molecule has 0 fully saturated rings. The maximum Gasteiger partial charge on any atom is 0.138 e. The Morgan fingerprint density at radius 2 is 1.70 bits per heavy atom. The zero-order valence-electron chi connectivity index (χ0n) is 13.5. The van der Waals surface area contributed by atoms with Crippen LogP contribution in [0.5, 0.6) is 0 Å². The van der Waals surface area contributed by atoms with Crippen LogP contribution in [0, 0.1) is 0 Å². The topological polar surface area (TPSA) is 16.4 Å². The van der Waals surface area contributed by atoms with E-state index in [4.69, 9.17) is 4.42 Å². The second-order valence-electron chi connectivity index (χ2n) is 8.01. The number of furan rings is 1. The quantitative estimate of drug-likeness (QED) is 0.681. The van der Waals surface area contributed by atoms with E-state index in [1.54, 1.807) is 0 Å². The Kier molecular flexibility index (Phi) is 2.81. The molecule has 1 aromatic heterocycles. The van der Waals surface area contributed by atoms with Gasteiger partial charge in [0.05, 0.1) is 6.26 Å². The molecular weight excluding hydrogens is 246 g/mol. The van der Waals surface area contributed by atoms with Crippen molar-refractivity contribution in [1.29, 1.82) is 0 Å². The third-order valence-corrected chi connectivity index (χ3v) is 4.41. The van der Waals surface area contributed by atoms with Gasteiger partial charge in [-0.25, -0.2) is 0 Å². The molecule has 2 nitrogen and oxygen atoms in total. The third-order valence-electron chi connectivity index (χ3n) is 4.41. The smallest absolute Gasteiger partial charge is 0.138 e. The fourth-order valence-electron chi connectivity index (χ4n) is 3.03. The van der Waals surface area contributed by atoms with Gasteiger partial charge in [-0.15, -0.1) is 0 Å². The van der Waals surface area contributed by atoms with Gasteiger partial charge in [0.15, 0.2) is 0 Å². The van der Waals surface area contributed by atoms with Crippen LogP contribution in [0.4, 0.5) is 0 Å². The molecule has 0 bridgehead atoms. The standard InChI is InChI=1S/C18H25NO/c1-17(2,3)15-11-20-16-13(15)8-7-12-9-19(10-14(12)16)18(4,5)6/h7-8,11H,9-10H2,1-6H3. The van der Waals surface area contributed by atoms with Crippen molar-refractivity contribution in [3.05, 3.63) is 35.1 Å². The molecule has 0 amide bonds. The molecule has 1 aromatic carbocycles. The molecule has 2 heteroatoms. The summed E-state index contributed by atoms with van der Waals surface area (Å²) in [7, 11) is 0. The fraction of sp³-hybridized carbons (Fsp3) is 0.556. The Morgan fingerprint density at radius 3 is 2.30 bits per heavy atom. The summed E-state index contributed by atoms with van der Waals surface area (Å²) in [6.07, 6.45) is 1.95. The molecule has 0 radical (unpaired) electrons. The van der Waals surface area contributed by atoms with Gasteiger partial charge >= 0.3 is 0 Å². The largest absolute Gasteiger partial charge is 0.464 e. The highest BCUT2D eigenvalue weighted by Crippen LogP contribution is 2.38.